The Morgan fingerprint density at radius 1 is 1.32 bits per heavy atom. The molecule has 0 spiro atoms. The van der Waals surface area contributed by atoms with Crippen LogP contribution in [0.25, 0.3) is 11.2 Å². The number of H-pyrrole nitrogens is 1. The summed E-state index contributed by atoms with van der Waals surface area (Å²) in [6.45, 7) is 4.40. The average molecular weight is 385 g/mol. The summed E-state index contributed by atoms with van der Waals surface area (Å²) >= 11 is 0. The molecule has 0 saturated heterocycles. The van der Waals surface area contributed by atoms with Gasteiger partial charge in [-0.05, 0) is 24.5 Å². The van der Waals surface area contributed by atoms with Crippen LogP contribution in [0.5, 0.6) is 6.01 Å². The van der Waals surface area contributed by atoms with E-state index in [9.17, 15) is 9.59 Å². The third-order valence-electron chi connectivity index (χ3n) is 4.55. The van der Waals surface area contributed by atoms with Crippen molar-refractivity contribution in [1.82, 2.24) is 19.5 Å². The van der Waals surface area contributed by atoms with E-state index >= 15 is 0 Å². The van der Waals surface area contributed by atoms with Crippen molar-refractivity contribution in [2.45, 2.75) is 39.2 Å². The van der Waals surface area contributed by atoms with Crippen molar-refractivity contribution in [3.05, 3.63) is 45.9 Å². The van der Waals surface area contributed by atoms with E-state index in [4.69, 9.17) is 15.6 Å². The van der Waals surface area contributed by atoms with Gasteiger partial charge in [0.1, 0.15) is 5.52 Å². The lowest BCUT2D eigenvalue weighted by Gasteiger charge is -2.09. The predicted octanol–water partition coefficient (Wildman–Crippen LogP) is 2.12. The average Bonchev–Trinajstić information content (AvgIpc) is 2.98. The Morgan fingerprint density at radius 2 is 2.04 bits per heavy atom. The highest BCUT2D eigenvalue weighted by atomic mass is 16.5. The maximum Gasteiger partial charge on any atom is 0.328 e. The normalized spacial score (nSPS) is 12.2. The zero-order valence-electron chi connectivity index (χ0n) is 15.8. The summed E-state index contributed by atoms with van der Waals surface area (Å²) in [5.74, 6) is -1.33. The minimum Gasteiger partial charge on any atom is -0.481 e. The van der Waals surface area contributed by atoms with Crippen LogP contribution < -0.4 is 16.2 Å². The molecule has 28 heavy (non-hydrogen) atoms. The lowest BCUT2D eigenvalue weighted by atomic mass is 10.00. The summed E-state index contributed by atoms with van der Waals surface area (Å²) in [5, 5.41) is 9.11. The lowest BCUT2D eigenvalue weighted by molar-refractivity contribution is -0.138. The first-order valence-corrected chi connectivity index (χ1v) is 9.11. The first-order valence-electron chi connectivity index (χ1n) is 9.11. The van der Waals surface area contributed by atoms with Gasteiger partial charge in [0.25, 0.3) is 0 Å². The first kappa shape index (κ1) is 19.4. The quantitative estimate of drug-likeness (QED) is 0.505. The molecule has 1 aromatic carbocycles. The Kier molecular flexibility index (Phi) is 5.62. The molecule has 3 aromatic rings. The monoisotopic (exact) mass is 385 g/mol. The van der Waals surface area contributed by atoms with E-state index in [1.165, 1.54) is 4.57 Å². The molecule has 0 fully saturated rings. The van der Waals surface area contributed by atoms with E-state index in [0.717, 1.165) is 18.4 Å². The van der Waals surface area contributed by atoms with E-state index in [1.54, 1.807) is 31.2 Å². The number of unbranched alkanes of at least 4 members (excludes halogenated alkanes) is 1. The van der Waals surface area contributed by atoms with Crippen molar-refractivity contribution in [2.24, 2.45) is 0 Å². The number of nitrogens with one attached hydrogen (secondary N) is 1. The molecule has 9 nitrogen and oxygen atoms in total. The van der Waals surface area contributed by atoms with Crippen molar-refractivity contribution in [3.8, 4) is 6.01 Å². The van der Waals surface area contributed by atoms with Gasteiger partial charge in [0.05, 0.1) is 19.1 Å². The number of aromatic amines is 1. The van der Waals surface area contributed by atoms with E-state index in [2.05, 4.69) is 15.0 Å². The highest BCUT2D eigenvalue weighted by Gasteiger charge is 2.16. The number of rotatable bonds is 8. The smallest absolute Gasteiger partial charge is 0.328 e. The van der Waals surface area contributed by atoms with Crippen molar-refractivity contribution >= 4 is 23.0 Å². The van der Waals surface area contributed by atoms with E-state index < -0.39 is 11.9 Å². The molecule has 148 valence electrons. The summed E-state index contributed by atoms with van der Waals surface area (Å²) < 4.78 is 6.98. The van der Waals surface area contributed by atoms with Gasteiger partial charge in [0.2, 0.25) is 0 Å². The third kappa shape index (κ3) is 3.98. The number of nitrogens with zero attached hydrogens (tertiary/aromatic N) is 3. The second-order valence-electron chi connectivity index (χ2n) is 6.61. The van der Waals surface area contributed by atoms with Crippen LogP contribution in [-0.4, -0.2) is 37.2 Å². The second-order valence-corrected chi connectivity index (χ2v) is 6.61. The van der Waals surface area contributed by atoms with Crippen LogP contribution in [0.3, 0.4) is 0 Å². The van der Waals surface area contributed by atoms with Gasteiger partial charge >= 0.3 is 17.7 Å². The maximum atomic E-state index is 12.4. The summed E-state index contributed by atoms with van der Waals surface area (Å²) in [4.78, 5) is 34.6. The predicted molar refractivity (Wildman–Crippen MR) is 105 cm³/mol. The first-order chi connectivity index (χ1) is 13.4. The number of ether oxygens (including phenoxy) is 1. The molecule has 0 radical (unpaired) electrons. The molecule has 0 bridgehead atoms. The number of hydrogen-bond acceptors (Lipinski definition) is 6. The van der Waals surface area contributed by atoms with Gasteiger partial charge in [-0.1, -0.05) is 37.6 Å². The Balaban J connectivity index is 1.91. The molecule has 0 saturated carbocycles. The van der Waals surface area contributed by atoms with Gasteiger partial charge in [-0.3, -0.25) is 9.36 Å². The lowest BCUT2D eigenvalue weighted by Crippen LogP contribution is -2.18. The Labute approximate surface area is 161 Å². The second kappa shape index (κ2) is 8.12. The molecule has 1 atom stereocenters. The zero-order chi connectivity index (χ0) is 20.3. The number of nitrogen functional groups attached to an aromatic ring is 1. The molecule has 2 heterocycles. The van der Waals surface area contributed by atoms with Crippen LogP contribution in [0.15, 0.2) is 29.1 Å². The van der Waals surface area contributed by atoms with E-state index in [0.29, 0.717) is 23.3 Å². The maximum absolute atomic E-state index is 12.4. The number of imidazole rings is 1. The molecule has 0 aliphatic heterocycles. The third-order valence-corrected chi connectivity index (χ3v) is 4.55. The SMILES string of the molecule is CCCCOc1nc(N)c2[nH]c(=O)n(Cc3ccc(C(C)C(=O)O)cc3)c2n1. The van der Waals surface area contributed by atoms with Crippen molar-refractivity contribution < 1.29 is 14.6 Å². The highest BCUT2D eigenvalue weighted by molar-refractivity contribution is 5.82. The summed E-state index contributed by atoms with van der Waals surface area (Å²) in [6, 6.07) is 7.22. The van der Waals surface area contributed by atoms with E-state index in [-0.39, 0.29) is 24.1 Å². The van der Waals surface area contributed by atoms with Gasteiger partial charge in [-0.15, -0.1) is 0 Å². The molecule has 0 aliphatic carbocycles. The number of carbonyl (C=O) groups is 1. The standard InChI is InChI=1S/C19H23N5O4/c1-3-4-9-28-18-22-15(20)14-16(23-18)24(19(27)21-14)10-12-5-7-13(8-6-12)11(2)17(25)26/h5-8,11H,3-4,9-10H2,1-2H3,(H,21,27)(H,25,26)(H2,20,22,23). The Morgan fingerprint density at radius 3 is 2.68 bits per heavy atom. The number of aromatic nitrogens is 4. The fourth-order valence-electron chi connectivity index (χ4n) is 2.79. The van der Waals surface area contributed by atoms with Crippen LogP contribution in [0.4, 0.5) is 5.82 Å². The van der Waals surface area contributed by atoms with Gasteiger partial charge in [0.15, 0.2) is 11.5 Å². The number of anilines is 1. The van der Waals surface area contributed by atoms with Gasteiger partial charge in [-0.2, -0.15) is 9.97 Å². The fraction of sp³-hybridized carbons (Fsp3) is 0.368. The van der Waals surface area contributed by atoms with Crippen molar-refractivity contribution in [3.63, 3.8) is 0 Å². The highest BCUT2D eigenvalue weighted by Crippen LogP contribution is 2.20. The summed E-state index contributed by atoms with van der Waals surface area (Å²) in [6.07, 6.45) is 1.84. The number of benzene rings is 1. The molecular weight excluding hydrogens is 362 g/mol. The Hall–Kier alpha value is -3.36. The van der Waals surface area contributed by atoms with Crippen molar-refractivity contribution in [1.29, 1.82) is 0 Å². The molecule has 9 heteroatoms. The van der Waals surface area contributed by atoms with Gasteiger partial charge < -0.3 is 20.6 Å². The molecule has 4 N–H and O–H groups in total. The van der Waals surface area contributed by atoms with Crippen LogP contribution >= 0.6 is 0 Å². The van der Waals surface area contributed by atoms with Crippen LogP contribution in [0, 0.1) is 0 Å². The number of hydrogen-bond donors (Lipinski definition) is 3. The molecule has 1 unspecified atom stereocenters. The minimum atomic E-state index is -0.886. The van der Waals surface area contributed by atoms with Crippen LogP contribution in [0.2, 0.25) is 0 Å². The number of aliphatic carboxylic acids is 1. The fourth-order valence-corrected chi connectivity index (χ4v) is 2.79. The Bertz CT molecular complexity index is 1040. The molecule has 2 aromatic heterocycles. The summed E-state index contributed by atoms with van der Waals surface area (Å²) in [7, 11) is 0. The topological polar surface area (TPSA) is 136 Å². The van der Waals surface area contributed by atoms with Crippen LogP contribution in [0.1, 0.15) is 43.7 Å². The van der Waals surface area contributed by atoms with E-state index in [1.807, 2.05) is 6.92 Å². The number of carboxylic acids is 1. The largest absolute Gasteiger partial charge is 0.481 e. The van der Waals surface area contributed by atoms with Crippen molar-refractivity contribution in [2.75, 3.05) is 12.3 Å². The summed E-state index contributed by atoms with van der Waals surface area (Å²) in [5.41, 5.74) is 7.85. The molecule has 3 rings (SSSR count). The zero-order valence-corrected chi connectivity index (χ0v) is 15.8. The molecule has 0 aliphatic rings. The van der Waals surface area contributed by atoms with Crippen LogP contribution in [-0.2, 0) is 11.3 Å². The number of fused-ring (bicyclic) bond motifs is 1. The minimum absolute atomic E-state index is 0.136. The number of carboxylic acid groups (broad SMARTS) is 1. The number of nitrogens with two attached hydrogens (primary N) is 1. The van der Waals surface area contributed by atoms with Gasteiger partial charge in [0, 0.05) is 0 Å². The van der Waals surface area contributed by atoms with Gasteiger partial charge in [-0.25, -0.2) is 4.79 Å². The molecule has 0 amide bonds. The molecular formula is C19H23N5O4.